The molecule has 11 heteroatoms. The number of amides is 3. The number of fused-ring (bicyclic) bond motifs is 1. The molecule has 4 N–H and O–H groups in total. The van der Waals surface area contributed by atoms with E-state index in [0.717, 1.165) is 0 Å². The smallest absolute Gasteiger partial charge is 0.408 e. The fourth-order valence-corrected chi connectivity index (χ4v) is 5.40. The normalized spacial score (nSPS) is 24.7. The van der Waals surface area contributed by atoms with Crippen molar-refractivity contribution in [1.29, 1.82) is 0 Å². The van der Waals surface area contributed by atoms with Crippen molar-refractivity contribution in [2.75, 3.05) is 0 Å². The Kier molecular flexibility index (Phi) is 6.07. The number of alkyl carbamates (subject to hydrolysis) is 1. The second kappa shape index (κ2) is 8.19. The Labute approximate surface area is 189 Å². The summed E-state index contributed by atoms with van der Waals surface area (Å²) < 4.78 is 4.52. The lowest BCUT2D eigenvalue weighted by molar-refractivity contribution is -0.161. The summed E-state index contributed by atoms with van der Waals surface area (Å²) in [5.74, 6) is -2.26. The molecule has 0 aliphatic carbocycles. The summed E-state index contributed by atoms with van der Waals surface area (Å²) in [5, 5.41) is 23.7. The Balaban J connectivity index is 1.79. The standard InChI is InChI=1S/C21H27N3O7S/c1-20(2,3)31-19(30)23-12(10-6-8-11(25)9-7-10)15(26)22-13-16(27)24-14(18(28)29)21(4,5)32-17(13)24/h6-9,12-14,17,25H,1-5H3,(H,22,26)(H,23,30)(H,28,29)/t12-,13-,14+,17-/m1/s1. The predicted octanol–water partition coefficient (Wildman–Crippen LogP) is 1.59. The zero-order valence-corrected chi connectivity index (χ0v) is 19.2. The van der Waals surface area contributed by atoms with E-state index in [0.29, 0.717) is 5.56 Å². The highest BCUT2D eigenvalue weighted by Crippen LogP contribution is 2.50. The monoisotopic (exact) mass is 465 g/mol. The van der Waals surface area contributed by atoms with E-state index in [-0.39, 0.29) is 5.75 Å². The number of nitrogens with one attached hydrogen (secondary N) is 2. The number of carbonyl (C=O) groups excluding carboxylic acids is 3. The third-order valence-corrected chi connectivity index (χ3v) is 6.69. The number of hydrogen-bond acceptors (Lipinski definition) is 7. The van der Waals surface area contributed by atoms with Gasteiger partial charge in [0.25, 0.3) is 0 Å². The number of carbonyl (C=O) groups is 4. The van der Waals surface area contributed by atoms with Gasteiger partial charge in [-0.3, -0.25) is 9.59 Å². The number of benzene rings is 1. The molecule has 0 aromatic heterocycles. The second-order valence-electron chi connectivity index (χ2n) is 9.26. The largest absolute Gasteiger partial charge is 0.508 e. The van der Waals surface area contributed by atoms with Crippen molar-refractivity contribution < 1.29 is 34.1 Å². The van der Waals surface area contributed by atoms with E-state index in [1.807, 2.05) is 0 Å². The number of phenolic OH excluding ortho intramolecular Hbond substituents is 1. The fourth-order valence-electron chi connectivity index (χ4n) is 3.77. The molecule has 3 amide bonds. The van der Waals surface area contributed by atoms with Gasteiger partial charge in [0.05, 0.1) is 0 Å². The Morgan fingerprint density at radius 1 is 1.19 bits per heavy atom. The van der Waals surface area contributed by atoms with Crippen LogP contribution in [0.1, 0.15) is 46.2 Å². The first-order chi connectivity index (χ1) is 14.7. The minimum absolute atomic E-state index is 0.0145. The molecular weight excluding hydrogens is 438 g/mol. The van der Waals surface area contributed by atoms with Crippen molar-refractivity contribution in [2.45, 2.75) is 68.5 Å². The molecule has 4 atom stereocenters. The fraction of sp³-hybridized carbons (Fsp3) is 0.524. The molecule has 2 fully saturated rings. The summed E-state index contributed by atoms with van der Waals surface area (Å²) in [6.45, 7) is 8.53. The van der Waals surface area contributed by atoms with Gasteiger partial charge >= 0.3 is 12.1 Å². The maximum absolute atomic E-state index is 13.1. The number of carboxylic acid groups (broad SMARTS) is 1. The van der Waals surface area contributed by atoms with Crippen LogP contribution in [0.25, 0.3) is 0 Å². The van der Waals surface area contributed by atoms with Crippen LogP contribution in [0, 0.1) is 0 Å². The zero-order chi connectivity index (χ0) is 24.0. The van der Waals surface area contributed by atoms with Crippen LogP contribution in [0.2, 0.25) is 0 Å². The van der Waals surface area contributed by atoms with E-state index in [2.05, 4.69) is 10.6 Å². The number of carboxylic acids is 1. The molecule has 3 rings (SSSR count). The SMILES string of the molecule is CC(C)(C)OC(=O)N[C@@H](C(=O)N[C@@H]1C(=O)N2[C@@H]1SC(C)(C)[C@@H]2C(=O)O)c1ccc(O)cc1. The van der Waals surface area contributed by atoms with Crippen molar-refractivity contribution in [3.05, 3.63) is 29.8 Å². The quantitative estimate of drug-likeness (QED) is 0.480. The van der Waals surface area contributed by atoms with Gasteiger partial charge in [0.15, 0.2) is 0 Å². The maximum Gasteiger partial charge on any atom is 0.408 e. The summed E-state index contributed by atoms with van der Waals surface area (Å²) >= 11 is 1.30. The van der Waals surface area contributed by atoms with E-state index < -0.39 is 57.7 Å². The number of aromatic hydroxyl groups is 1. The molecule has 10 nitrogen and oxygen atoms in total. The molecule has 2 aliphatic heterocycles. The maximum atomic E-state index is 13.1. The van der Waals surface area contributed by atoms with E-state index in [4.69, 9.17) is 4.74 Å². The van der Waals surface area contributed by atoms with Gasteiger partial charge in [-0.2, -0.15) is 0 Å². The number of ether oxygens (including phenoxy) is 1. The Morgan fingerprint density at radius 2 is 1.78 bits per heavy atom. The van der Waals surface area contributed by atoms with Gasteiger partial charge < -0.3 is 30.5 Å². The van der Waals surface area contributed by atoms with Gasteiger partial charge in [-0.15, -0.1) is 11.8 Å². The van der Waals surface area contributed by atoms with Gasteiger partial charge in [-0.05, 0) is 52.3 Å². The van der Waals surface area contributed by atoms with Gasteiger partial charge in [0.1, 0.15) is 34.8 Å². The van der Waals surface area contributed by atoms with Gasteiger partial charge in [0, 0.05) is 4.75 Å². The average molecular weight is 466 g/mol. The molecule has 0 spiro atoms. The molecule has 2 aliphatic rings. The summed E-state index contributed by atoms with van der Waals surface area (Å²) in [6, 6.07) is 2.58. The molecule has 1 aromatic carbocycles. The predicted molar refractivity (Wildman–Crippen MR) is 116 cm³/mol. The van der Waals surface area contributed by atoms with Crippen molar-refractivity contribution in [3.63, 3.8) is 0 Å². The van der Waals surface area contributed by atoms with E-state index in [1.165, 1.54) is 40.9 Å². The Bertz CT molecular complexity index is 942. The van der Waals surface area contributed by atoms with Crippen LogP contribution in [-0.4, -0.2) is 66.8 Å². The zero-order valence-electron chi connectivity index (χ0n) is 18.4. The highest BCUT2D eigenvalue weighted by atomic mass is 32.2. The Hall–Kier alpha value is -2.95. The van der Waals surface area contributed by atoms with E-state index in [9.17, 15) is 29.4 Å². The van der Waals surface area contributed by atoms with Crippen LogP contribution in [0.15, 0.2) is 24.3 Å². The Morgan fingerprint density at radius 3 is 2.31 bits per heavy atom. The number of nitrogens with zero attached hydrogens (tertiary/aromatic N) is 1. The van der Waals surface area contributed by atoms with Crippen LogP contribution >= 0.6 is 11.8 Å². The first-order valence-corrected chi connectivity index (χ1v) is 10.9. The lowest BCUT2D eigenvalue weighted by atomic mass is 9.95. The van der Waals surface area contributed by atoms with Gasteiger partial charge in [-0.1, -0.05) is 12.1 Å². The molecule has 0 bridgehead atoms. The van der Waals surface area contributed by atoms with Crippen molar-refractivity contribution in [3.8, 4) is 5.75 Å². The average Bonchev–Trinajstić information content (AvgIpc) is 2.91. The first kappa shape index (κ1) is 23.7. The third-order valence-electron chi connectivity index (χ3n) is 5.12. The molecule has 0 unspecified atom stereocenters. The van der Waals surface area contributed by atoms with Gasteiger partial charge in [0.2, 0.25) is 11.8 Å². The molecule has 0 saturated carbocycles. The topological polar surface area (TPSA) is 145 Å². The molecule has 32 heavy (non-hydrogen) atoms. The highest BCUT2D eigenvalue weighted by molar-refractivity contribution is 8.01. The number of β-lactam (4-membered cyclic amide) rings is 1. The summed E-state index contributed by atoms with van der Waals surface area (Å²) in [6.07, 6.45) is -0.824. The third kappa shape index (κ3) is 4.62. The number of thioether (sulfide) groups is 1. The molecule has 0 radical (unpaired) electrons. The number of phenols is 1. The number of aliphatic carboxylic acids is 1. The lowest BCUT2D eigenvalue weighted by Gasteiger charge is -2.44. The molecule has 174 valence electrons. The highest BCUT2D eigenvalue weighted by Gasteiger charge is 2.64. The van der Waals surface area contributed by atoms with Crippen molar-refractivity contribution >= 4 is 35.6 Å². The minimum atomic E-state index is -1.19. The van der Waals surface area contributed by atoms with Gasteiger partial charge in [-0.25, -0.2) is 9.59 Å². The number of hydrogen-bond donors (Lipinski definition) is 4. The summed E-state index contributed by atoms with van der Waals surface area (Å²) in [7, 11) is 0. The van der Waals surface area contributed by atoms with E-state index in [1.54, 1.807) is 34.6 Å². The lowest BCUT2D eigenvalue weighted by Crippen LogP contribution is -2.71. The summed E-state index contributed by atoms with van der Waals surface area (Å²) in [5.41, 5.74) is -0.416. The van der Waals surface area contributed by atoms with Crippen molar-refractivity contribution in [2.24, 2.45) is 0 Å². The molecule has 2 heterocycles. The number of rotatable bonds is 5. The van der Waals surface area contributed by atoms with Crippen molar-refractivity contribution in [1.82, 2.24) is 15.5 Å². The van der Waals surface area contributed by atoms with Crippen LogP contribution in [-0.2, 0) is 19.1 Å². The summed E-state index contributed by atoms with van der Waals surface area (Å²) in [4.78, 5) is 51.0. The van der Waals surface area contributed by atoms with Crippen LogP contribution in [0.4, 0.5) is 4.79 Å². The van der Waals surface area contributed by atoms with Crippen LogP contribution in [0.3, 0.4) is 0 Å². The second-order valence-corrected chi connectivity index (χ2v) is 11.0. The van der Waals surface area contributed by atoms with Crippen LogP contribution in [0.5, 0.6) is 5.75 Å². The molecule has 2 saturated heterocycles. The van der Waals surface area contributed by atoms with Crippen LogP contribution < -0.4 is 10.6 Å². The minimum Gasteiger partial charge on any atom is -0.508 e. The molecule has 1 aromatic rings. The first-order valence-electron chi connectivity index (χ1n) is 10.0. The van der Waals surface area contributed by atoms with E-state index >= 15 is 0 Å². The molecular formula is C21H27N3O7S.